The van der Waals surface area contributed by atoms with E-state index in [4.69, 9.17) is 9.16 Å². The molecule has 4 aliphatic rings. The monoisotopic (exact) mass is 476 g/mol. The SMILES string of the molecule is CCOC(=O)C[C@H]1CC[C@H]2[C@@H]3CC[C@H]4C[C@@H](O[Si](C)(C)C(C)(C)C)CC[C@]4(C)[C@H]3CC[C@]12C. The highest BCUT2D eigenvalue weighted by atomic mass is 28.4. The van der Waals surface area contributed by atoms with Crippen LogP contribution in [-0.4, -0.2) is 27.0 Å². The molecular formula is C29H52O3Si. The standard InChI is InChI=1S/C29H52O3Si/c1-9-31-26(30)19-21-11-13-24-23-12-10-20-18-22(32-33(7,8)27(2,3)4)14-16-28(20,5)25(23)15-17-29(21,24)6/h20-25H,9-19H2,1-8H3/t20-,21+,22-,23-,24-,25-,28-,29+/m0/s1. The Kier molecular flexibility index (Phi) is 6.97. The zero-order chi connectivity index (χ0) is 24.2. The van der Waals surface area contributed by atoms with Crippen molar-refractivity contribution in [3.05, 3.63) is 0 Å². The molecule has 33 heavy (non-hydrogen) atoms. The van der Waals surface area contributed by atoms with Crippen LogP contribution in [0.1, 0.15) is 106 Å². The summed E-state index contributed by atoms with van der Waals surface area (Å²) in [6, 6.07) is 0. The Labute approximate surface area is 205 Å². The second kappa shape index (κ2) is 8.94. The van der Waals surface area contributed by atoms with Gasteiger partial charge in [-0.3, -0.25) is 4.79 Å². The van der Waals surface area contributed by atoms with Crippen molar-refractivity contribution in [1.82, 2.24) is 0 Å². The van der Waals surface area contributed by atoms with Crippen LogP contribution in [0.5, 0.6) is 0 Å². The normalized spacial score (nSPS) is 43.4. The van der Waals surface area contributed by atoms with Gasteiger partial charge in [-0.1, -0.05) is 34.6 Å². The Morgan fingerprint density at radius 1 is 0.939 bits per heavy atom. The predicted octanol–water partition coefficient (Wildman–Crippen LogP) is 7.99. The molecular weight excluding hydrogens is 424 g/mol. The topological polar surface area (TPSA) is 35.5 Å². The third kappa shape index (κ3) is 4.50. The van der Waals surface area contributed by atoms with Crippen molar-refractivity contribution < 1.29 is 14.0 Å². The molecule has 4 heteroatoms. The highest BCUT2D eigenvalue weighted by Crippen LogP contribution is 2.68. The first-order valence-corrected chi connectivity index (χ1v) is 17.1. The van der Waals surface area contributed by atoms with Crippen molar-refractivity contribution in [2.75, 3.05) is 6.61 Å². The lowest BCUT2D eigenvalue weighted by atomic mass is 9.44. The van der Waals surface area contributed by atoms with E-state index in [0.29, 0.717) is 40.9 Å². The van der Waals surface area contributed by atoms with Gasteiger partial charge in [0, 0.05) is 12.5 Å². The summed E-state index contributed by atoms with van der Waals surface area (Å²) in [6.45, 7) is 19.6. The number of ether oxygens (including phenoxy) is 1. The highest BCUT2D eigenvalue weighted by molar-refractivity contribution is 6.74. The Bertz CT molecular complexity index is 727. The van der Waals surface area contributed by atoms with E-state index < -0.39 is 8.32 Å². The fourth-order valence-electron chi connectivity index (χ4n) is 8.78. The summed E-state index contributed by atoms with van der Waals surface area (Å²) < 4.78 is 12.3. The van der Waals surface area contributed by atoms with Gasteiger partial charge < -0.3 is 9.16 Å². The van der Waals surface area contributed by atoms with E-state index in [2.05, 4.69) is 47.7 Å². The molecule has 0 spiro atoms. The molecule has 8 atom stereocenters. The van der Waals surface area contributed by atoms with Gasteiger partial charge in [0.15, 0.2) is 8.32 Å². The summed E-state index contributed by atoms with van der Waals surface area (Å²) in [5, 5.41) is 0.293. The van der Waals surface area contributed by atoms with Gasteiger partial charge in [-0.25, -0.2) is 0 Å². The zero-order valence-electron chi connectivity index (χ0n) is 23.0. The van der Waals surface area contributed by atoms with Crippen molar-refractivity contribution in [1.29, 1.82) is 0 Å². The Hall–Kier alpha value is -0.353. The Morgan fingerprint density at radius 3 is 2.27 bits per heavy atom. The maximum Gasteiger partial charge on any atom is 0.306 e. The maximum absolute atomic E-state index is 12.3. The Balaban J connectivity index is 1.44. The number of esters is 1. The van der Waals surface area contributed by atoms with Crippen LogP contribution in [0, 0.1) is 40.4 Å². The van der Waals surface area contributed by atoms with Gasteiger partial charge >= 0.3 is 5.97 Å². The molecule has 0 aromatic rings. The minimum atomic E-state index is -1.70. The third-order valence-corrected chi connectivity index (χ3v) is 16.3. The number of carbonyl (C=O) groups excluding carboxylic acids is 1. The summed E-state index contributed by atoms with van der Waals surface area (Å²) in [7, 11) is -1.70. The first kappa shape index (κ1) is 25.7. The fraction of sp³-hybridized carbons (Fsp3) is 0.966. The van der Waals surface area contributed by atoms with Crippen LogP contribution in [0.15, 0.2) is 0 Å². The van der Waals surface area contributed by atoms with Crippen molar-refractivity contribution in [2.24, 2.45) is 40.4 Å². The smallest absolute Gasteiger partial charge is 0.306 e. The van der Waals surface area contributed by atoms with Crippen LogP contribution in [0.25, 0.3) is 0 Å². The Morgan fingerprint density at radius 2 is 1.61 bits per heavy atom. The minimum absolute atomic E-state index is 0.0298. The molecule has 0 radical (unpaired) electrons. The van der Waals surface area contributed by atoms with Gasteiger partial charge in [-0.15, -0.1) is 0 Å². The summed E-state index contributed by atoms with van der Waals surface area (Å²) in [4.78, 5) is 12.3. The number of hydrogen-bond donors (Lipinski definition) is 0. The highest BCUT2D eigenvalue weighted by Gasteiger charge is 2.60. The van der Waals surface area contributed by atoms with E-state index in [-0.39, 0.29) is 5.97 Å². The molecule has 0 heterocycles. The van der Waals surface area contributed by atoms with Crippen molar-refractivity contribution in [3.8, 4) is 0 Å². The van der Waals surface area contributed by atoms with E-state index in [9.17, 15) is 4.79 Å². The molecule has 4 saturated carbocycles. The maximum atomic E-state index is 12.3. The van der Waals surface area contributed by atoms with Crippen molar-refractivity contribution in [3.63, 3.8) is 0 Å². The molecule has 0 N–H and O–H groups in total. The van der Waals surface area contributed by atoms with E-state index in [0.717, 1.165) is 23.7 Å². The second-order valence-corrected chi connectivity index (χ2v) is 19.0. The van der Waals surface area contributed by atoms with Crippen LogP contribution in [0.4, 0.5) is 0 Å². The summed E-state index contributed by atoms with van der Waals surface area (Å²) in [6.07, 6.45) is 13.1. The van der Waals surface area contributed by atoms with Crippen LogP contribution in [0.3, 0.4) is 0 Å². The van der Waals surface area contributed by atoms with Crippen molar-refractivity contribution >= 4 is 14.3 Å². The van der Waals surface area contributed by atoms with E-state index >= 15 is 0 Å². The molecule has 0 bridgehead atoms. The van der Waals surface area contributed by atoms with Crippen LogP contribution < -0.4 is 0 Å². The first-order chi connectivity index (χ1) is 15.3. The summed E-state index contributed by atoms with van der Waals surface area (Å²) in [5.74, 6) is 3.96. The van der Waals surface area contributed by atoms with Crippen LogP contribution in [0.2, 0.25) is 18.1 Å². The minimum Gasteiger partial charge on any atom is -0.466 e. The molecule has 0 amide bonds. The van der Waals surface area contributed by atoms with Crippen LogP contribution >= 0.6 is 0 Å². The lowest BCUT2D eigenvalue weighted by Crippen LogP contribution is -2.55. The average Bonchev–Trinajstić information content (AvgIpc) is 3.03. The van der Waals surface area contributed by atoms with Gasteiger partial charge in [0.2, 0.25) is 0 Å². The molecule has 0 aromatic carbocycles. The number of carbonyl (C=O) groups is 1. The van der Waals surface area contributed by atoms with Gasteiger partial charge in [0.25, 0.3) is 0 Å². The number of hydrogen-bond acceptors (Lipinski definition) is 3. The van der Waals surface area contributed by atoms with E-state index in [1.54, 1.807) is 0 Å². The zero-order valence-corrected chi connectivity index (χ0v) is 24.0. The van der Waals surface area contributed by atoms with Gasteiger partial charge in [0.05, 0.1) is 6.61 Å². The quantitative estimate of drug-likeness (QED) is 0.298. The molecule has 4 fully saturated rings. The molecule has 3 nitrogen and oxygen atoms in total. The van der Waals surface area contributed by atoms with Gasteiger partial charge in [-0.05, 0) is 123 Å². The van der Waals surface area contributed by atoms with E-state index in [1.165, 1.54) is 57.8 Å². The average molecular weight is 477 g/mol. The molecule has 4 rings (SSSR count). The fourth-order valence-corrected chi connectivity index (χ4v) is 10.2. The van der Waals surface area contributed by atoms with Crippen LogP contribution in [-0.2, 0) is 14.0 Å². The second-order valence-electron chi connectivity index (χ2n) is 14.3. The number of fused-ring (bicyclic) bond motifs is 5. The number of rotatable bonds is 5. The molecule has 4 aliphatic carbocycles. The van der Waals surface area contributed by atoms with Gasteiger partial charge in [-0.2, -0.15) is 0 Å². The molecule has 0 saturated heterocycles. The van der Waals surface area contributed by atoms with Gasteiger partial charge in [0.1, 0.15) is 0 Å². The summed E-state index contributed by atoms with van der Waals surface area (Å²) >= 11 is 0. The first-order valence-electron chi connectivity index (χ1n) is 14.2. The van der Waals surface area contributed by atoms with E-state index in [1.807, 2.05) is 6.92 Å². The molecule has 0 aromatic heterocycles. The molecule has 190 valence electrons. The largest absolute Gasteiger partial charge is 0.466 e. The molecule has 0 unspecified atom stereocenters. The summed E-state index contributed by atoms with van der Waals surface area (Å²) in [5.41, 5.74) is 0.844. The predicted molar refractivity (Wildman–Crippen MR) is 139 cm³/mol. The third-order valence-electron chi connectivity index (χ3n) is 11.8. The molecule has 0 aliphatic heterocycles. The lowest BCUT2D eigenvalue weighted by molar-refractivity contribution is -0.148. The lowest BCUT2D eigenvalue weighted by Gasteiger charge is -2.61. The van der Waals surface area contributed by atoms with Crippen molar-refractivity contribution in [2.45, 2.75) is 130 Å².